The quantitative estimate of drug-likeness (QED) is 0.632. The first-order valence-electron chi connectivity index (χ1n) is 10.2. The third-order valence-corrected chi connectivity index (χ3v) is 5.45. The van der Waals surface area contributed by atoms with E-state index in [1.807, 2.05) is 26.0 Å². The molecule has 1 aromatic carbocycles. The molecule has 2 N–H and O–H groups in total. The Morgan fingerprint density at radius 2 is 1.90 bits per heavy atom. The van der Waals surface area contributed by atoms with Gasteiger partial charge >= 0.3 is 5.97 Å². The van der Waals surface area contributed by atoms with Crippen molar-refractivity contribution in [1.82, 2.24) is 15.1 Å². The minimum Gasteiger partial charge on any atom is -0.481 e. The Bertz CT molecular complexity index is 852. The maximum Gasteiger partial charge on any atom is 0.303 e. The van der Waals surface area contributed by atoms with Gasteiger partial charge in [-0.25, -0.2) is 4.68 Å². The van der Waals surface area contributed by atoms with E-state index >= 15 is 0 Å². The Morgan fingerprint density at radius 3 is 2.55 bits per heavy atom. The van der Waals surface area contributed by atoms with Crippen LogP contribution >= 0.6 is 0 Å². The van der Waals surface area contributed by atoms with Crippen LogP contribution in [-0.2, 0) is 16.0 Å². The number of rotatable bonds is 9. The van der Waals surface area contributed by atoms with E-state index < -0.39 is 5.97 Å². The van der Waals surface area contributed by atoms with E-state index in [-0.39, 0.29) is 12.3 Å². The molecule has 0 unspecified atom stereocenters. The Kier molecular flexibility index (Phi) is 7.04. The van der Waals surface area contributed by atoms with Crippen molar-refractivity contribution < 1.29 is 19.4 Å². The number of hydrogen-bond donors (Lipinski definition) is 2. The number of hydrogen-bond acceptors (Lipinski definition) is 4. The predicted molar refractivity (Wildman–Crippen MR) is 110 cm³/mol. The van der Waals surface area contributed by atoms with Crippen molar-refractivity contribution in [3.8, 4) is 5.69 Å². The van der Waals surface area contributed by atoms with Gasteiger partial charge in [-0.15, -0.1) is 0 Å². The van der Waals surface area contributed by atoms with Gasteiger partial charge in [-0.05, 0) is 62.9 Å². The molecule has 3 rings (SSSR count). The van der Waals surface area contributed by atoms with Crippen LogP contribution < -0.4 is 5.32 Å². The van der Waals surface area contributed by atoms with Gasteiger partial charge in [-0.3, -0.25) is 9.59 Å². The number of carboxylic acids is 1. The van der Waals surface area contributed by atoms with Crippen LogP contribution in [0.2, 0.25) is 0 Å². The fourth-order valence-electron chi connectivity index (χ4n) is 3.82. The van der Waals surface area contributed by atoms with Crippen LogP contribution in [0.15, 0.2) is 24.3 Å². The smallest absolute Gasteiger partial charge is 0.303 e. The number of aromatic nitrogens is 2. The molecule has 0 aliphatic heterocycles. The van der Waals surface area contributed by atoms with Gasteiger partial charge in [-0.1, -0.05) is 12.8 Å². The summed E-state index contributed by atoms with van der Waals surface area (Å²) in [4.78, 5) is 23.2. The Balaban J connectivity index is 1.57. The average Bonchev–Trinajstić information content (AvgIpc) is 3.32. The molecule has 2 aromatic rings. The minimum absolute atomic E-state index is 0.0803. The number of nitrogens with zero attached hydrogens (tertiary/aromatic N) is 2. The van der Waals surface area contributed by atoms with Crippen LogP contribution in [0.5, 0.6) is 0 Å². The molecule has 156 valence electrons. The third-order valence-electron chi connectivity index (χ3n) is 5.45. The molecule has 0 saturated heterocycles. The summed E-state index contributed by atoms with van der Waals surface area (Å²) < 4.78 is 7.56. The summed E-state index contributed by atoms with van der Waals surface area (Å²) >= 11 is 0. The Morgan fingerprint density at radius 1 is 1.21 bits per heavy atom. The van der Waals surface area contributed by atoms with Crippen LogP contribution in [0.25, 0.3) is 5.69 Å². The fraction of sp³-hybridized carbons (Fsp3) is 0.500. The lowest BCUT2D eigenvalue weighted by Gasteiger charge is -2.11. The Labute approximate surface area is 171 Å². The highest BCUT2D eigenvalue weighted by molar-refractivity contribution is 5.94. The zero-order valence-electron chi connectivity index (χ0n) is 17.1. The maximum absolute atomic E-state index is 12.3. The molecule has 1 aliphatic rings. The van der Waals surface area contributed by atoms with E-state index in [9.17, 15) is 9.59 Å². The number of carbonyl (C=O) groups is 2. The lowest BCUT2D eigenvalue weighted by atomic mass is 10.1. The van der Waals surface area contributed by atoms with Crippen molar-refractivity contribution in [2.45, 2.75) is 58.5 Å². The molecule has 1 aromatic heterocycles. The second-order valence-electron chi connectivity index (χ2n) is 7.53. The maximum atomic E-state index is 12.3. The van der Waals surface area contributed by atoms with Crippen LogP contribution in [0.3, 0.4) is 0 Å². The van der Waals surface area contributed by atoms with E-state index in [1.165, 1.54) is 12.8 Å². The second-order valence-corrected chi connectivity index (χ2v) is 7.53. The molecule has 7 heteroatoms. The van der Waals surface area contributed by atoms with Crippen molar-refractivity contribution in [1.29, 1.82) is 0 Å². The zero-order valence-corrected chi connectivity index (χ0v) is 17.1. The largest absolute Gasteiger partial charge is 0.481 e. The number of ether oxygens (including phenoxy) is 1. The number of carboxylic acid groups (broad SMARTS) is 1. The lowest BCUT2D eigenvalue weighted by molar-refractivity contribution is -0.136. The highest BCUT2D eigenvalue weighted by Crippen LogP contribution is 2.21. The van der Waals surface area contributed by atoms with E-state index in [1.54, 1.807) is 16.8 Å². The van der Waals surface area contributed by atoms with Crippen molar-refractivity contribution in [2.75, 3.05) is 13.2 Å². The molecular formula is C22H29N3O4. The highest BCUT2D eigenvalue weighted by Gasteiger charge is 2.16. The molecule has 29 heavy (non-hydrogen) atoms. The number of carbonyl (C=O) groups excluding carboxylic acids is 1. The summed E-state index contributed by atoms with van der Waals surface area (Å²) in [6.07, 6.45) is 5.61. The zero-order chi connectivity index (χ0) is 20.8. The fourth-order valence-corrected chi connectivity index (χ4v) is 3.82. The molecule has 1 fully saturated rings. The molecule has 1 saturated carbocycles. The first-order chi connectivity index (χ1) is 14.0. The molecule has 1 heterocycles. The number of amides is 1. The molecule has 1 aliphatic carbocycles. The van der Waals surface area contributed by atoms with E-state index in [4.69, 9.17) is 9.84 Å². The highest BCUT2D eigenvalue weighted by atomic mass is 16.5. The normalized spacial score (nSPS) is 14.3. The van der Waals surface area contributed by atoms with Gasteiger partial charge in [-0.2, -0.15) is 5.10 Å². The van der Waals surface area contributed by atoms with Gasteiger partial charge in [0.15, 0.2) is 0 Å². The topological polar surface area (TPSA) is 93.5 Å². The summed E-state index contributed by atoms with van der Waals surface area (Å²) in [7, 11) is 0. The molecule has 0 atom stereocenters. The van der Waals surface area contributed by atoms with Gasteiger partial charge in [0.2, 0.25) is 0 Å². The van der Waals surface area contributed by atoms with Gasteiger partial charge in [0.05, 0.1) is 24.1 Å². The molecular weight excluding hydrogens is 370 g/mol. The Hall–Kier alpha value is -2.67. The summed E-state index contributed by atoms with van der Waals surface area (Å²) in [5.74, 6) is -0.942. The van der Waals surface area contributed by atoms with Crippen LogP contribution in [0, 0.1) is 13.8 Å². The standard InChI is InChI=1S/C22H29N3O4/c1-15-20(11-12-21(26)27)16(2)25(24-15)18-9-7-17(8-10-18)22(28)23-13-14-29-19-5-3-4-6-19/h7-10,19H,3-6,11-14H2,1-2H3,(H,23,28)(H,26,27). The number of nitrogens with one attached hydrogen (secondary N) is 1. The van der Waals surface area contributed by atoms with Gasteiger partial charge in [0.1, 0.15) is 0 Å². The van der Waals surface area contributed by atoms with Crippen molar-refractivity contribution >= 4 is 11.9 Å². The van der Waals surface area contributed by atoms with Gasteiger partial charge < -0.3 is 15.2 Å². The first-order valence-corrected chi connectivity index (χ1v) is 10.2. The molecule has 0 radical (unpaired) electrons. The second kappa shape index (κ2) is 9.69. The third kappa shape index (κ3) is 5.44. The SMILES string of the molecule is Cc1nn(-c2ccc(C(=O)NCCOC3CCCC3)cc2)c(C)c1CCC(=O)O. The molecule has 1 amide bonds. The van der Waals surface area contributed by atoms with Gasteiger partial charge in [0.25, 0.3) is 5.91 Å². The van der Waals surface area contributed by atoms with E-state index in [2.05, 4.69) is 10.4 Å². The number of benzene rings is 1. The average molecular weight is 399 g/mol. The van der Waals surface area contributed by atoms with Gasteiger partial charge in [0, 0.05) is 24.2 Å². The molecule has 7 nitrogen and oxygen atoms in total. The van der Waals surface area contributed by atoms with E-state index in [0.717, 1.165) is 35.5 Å². The molecule has 0 spiro atoms. The lowest BCUT2D eigenvalue weighted by Crippen LogP contribution is -2.28. The number of aliphatic carboxylic acids is 1. The minimum atomic E-state index is -0.819. The summed E-state index contributed by atoms with van der Waals surface area (Å²) in [6, 6.07) is 7.25. The van der Waals surface area contributed by atoms with Crippen LogP contribution in [0.4, 0.5) is 0 Å². The predicted octanol–water partition coefficient (Wildman–Crippen LogP) is 3.20. The summed E-state index contributed by atoms with van der Waals surface area (Å²) in [5, 5.41) is 16.4. The molecule has 0 bridgehead atoms. The van der Waals surface area contributed by atoms with Crippen molar-refractivity contribution in [3.05, 3.63) is 46.8 Å². The first kappa shape index (κ1) is 21.0. The summed E-state index contributed by atoms with van der Waals surface area (Å²) in [6.45, 7) is 4.86. The van der Waals surface area contributed by atoms with E-state index in [0.29, 0.717) is 31.2 Å². The van der Waals surface area contributed by atoms with Crippen LogP contribution in [0.1, 0.15) is 59.4 Å². The van der Waals surface area contributed by atoms with Crippen molar-refractivity contribution in [3.63, 3.8) is 0 Å². The monoisotopic (exact) mass is 399 g/mol. The number of aryl methyl sites for hydroxylation is 1. The van der Waals surface area contributed by atoms with Crippen molar-refractivity contribution in [2.24, 2.45) is 0 Å². The summed E-state index contributed by atoms with van der Waals surface area (Å²) in [5.41, 5.74) is 4.13. The van der Waals surface area contributed by atoms with Crippen LogP contribution in [-0.4, -0.2) is 46.0 Å².